The molecule has 3 heteroatoms. The summed E-state index contributed by atoms with van der Waals surface area (Å²) < 4.78 is 0. The predicted molar refractivity (Wildman–Crippen MR) is 55.9 cm³/mol. The van der Waals surface area contributed by atoms with Crippen molar-refractivity contribution in [2.45, 2.75) is 39.5 Å². The van der Waals surface area contributed by atoms with Crippen LogP contribution in [0, 0.1) is 17.3 Å². The van der Waals surface area contributed by atoms with Crippen LogP contribution in [0.3, 0.4) is 0 Å². The van der Waals surface area contributed by atoms with Gasteiger partial charge >= 0.3 is 5.97 Å². The molecule has 3 atom stereocenters. The van der Waals surface area contributed by atoms with Crippen molar-refractivity contribution in [3.63, 3.8) is 0 Å². The fraction of sp³-hybridized carbons (Fsp3) is 0.909. The first-order chi connectivity index (χ1) is 6.47. The summed E-state index contributed by atoms with van der Waals surface area (Å²) in [6.07, 6.45) is 3.60. The van der Waals surface area contributed by atoms with Crippen LogP contribution in [0.4, 0.5) is 0 Å². The van der Waals surface area contributed by atoms with Gasteiger partial charge in [0.15, 0.2) is 0 Å². The second-order valence-corrected chi connectivity index (χ2v) is 5.10. The molecule has 1 aliphatic carbocycles. The molecule has 1 saturated carbocycles. The second kappa shape index (κ2) is 4.30. The van der Waals surface area contributed by atoms with Gasteiger partial charge in [0.05, 0.1) is 6.42 Å². The number of hydrogen-bond acceptors (Lipinski definition) is 2. The largest absolute Gasteiger partial charge is 0.481 e. The molecule has 3 unspecified atom stereocenters. The number of carboxylic acids is 1. The maximum Gasteiger partial charge on any atom is 0.303 e. The topological polar surface area (TPSA) is 63.3 Å². The summed E-state index contributed by atoms with van der Waals surface area (Å²) in [6.45, 7) is 4.70. The molecule has 0 aliphatic heterocycles. The van der Waals surface area contributed by atoms with Gasteiger partial charge in [-0.15, -0.1) is 0 Å². The number of carboxylic acid groups (broad SMARTS) is 1. The molecule has 1 aliphatic rings. The van der Waals surface area contributed by atoms with E-state index in [1.54, 1.807) is 0 Å². The van der Waals surface area contributed by atoms with Gasteiger partial charge in [-0.3, -0.25) is 4.79 Å². The lowest BCUT2D eigenvalue weighted by atomic mass is 9.81. The second-order valence-electron chi connectivity index (χ2n) is 5.10. The quantitative estimate of drug-likeness (QED) is 0.686. The SMILES string of the molecule is CC1CC1CCC(C)(CN)CC(=O)O. The van der Waals surface area contributed by atoms with Crippen molar-refractivity contribution in [2.75, 3.05) is 6.54 Å². The first-order valence-electron chi connectivity index (χ1n) is 5.39. The lowest BCUT2D eigenvalue weighted by Gasteiger charge is -2.25. The van der Waals surface area contributed by atoms with Crippen molar-refractivity contribution in [1.82, 2.24) is 0 Å². The van der Waals surface area contributed by atoms with Crippen LogP contribution in [0.25, 0.3) is 0 Å². The smallest absolute Gasteiger partial charge is 0.303 e. The van der Waals surface area contributed by atoms with E-state index in [1.165, 1.54) is 6.42 Å². The highest BCUT2D eigenvalue weighted by molar-refractivity contribution is 5.67. The molecule has 0 spiro atoms. The Morgan fingerprint density at radius 2 is 2.21 bits per heavy atom. The van der Waals surface area contributed by atoms with Gasteiger partial charge in [0, 0.05) is 0 Å². The van der Waals surface area contributed by atoms with Gasteiger partial charge in [0.1, 0.15) is 0 Å². The van der Waals surface area contributed by atoms with Crippen molar-refractivity contribution in [3.8, 4) is 0 Å². The Morgan fingerprint density at radius 3 is 2.57 bits per heavy atom. The Balaban J connectivity index is 2.32. The molecular formula is C11H21NO2. The molecule has 0 aromatic rings. The first-order valence-corrected chi connectivity index (χ1v) is 5.39. The van der Waals surface area contributed by atoms with Crippen molar-refractivity contribution in [2.24, 2.45) is 23.0 Å². The predicted octanol–water partition coefficient (Wildman–Crippen LogP) is 1.86. The van der Waals surface area contributed by atoms with Crippen LogP contribution in [0.15, 0.2) is 0 Å². The van der Waals surface area contributed by atoms with Crippen molar-refractivity contribution >= 4 is 5.97 Å². The highest BCUT2D eigenvalue weighted by Crippen LogP contribution is 2.43. The van der Waals surface area contributed by atoms with Gasteiger partial charge < -0.3 is 10.8 Å². The Morgan fingerprint density at radius 1 is 1.64 bits per heavy atom. The van der Waals surface area contributed by atoms with Crippen molar-refractivity contribution in [1.29, 1.82) is 0 Å². The molecule has 0 radical (unpaired) electrons. The molecule has 1 fully saturated rings. The van der Waals surface area contributed by atoms with Crippen LogP contribution in [0.2, 0.25) is 0 Å². The molecule has 0 aromatic carbocycles. The van der Waals surface area contributed by atoms with Crippen molar-refractivity contribution < 1.29 is 9.90 Å². The maximum absolute atomic E-state index is 10.6. The summed E-state index contributed by atoms with van der Waals surface area (Å²) in [5.41, 5.74) is 5.43. The van der Waals surface area contributed by atoms with E-state index in [-0.39, 0.29) is 11.8 Å². The Kier molecular flexibility index (Phi) is 3.53. The number of rotatable bonds is 6. The highest BCUT2D eigenvalue weighted by Gasteiger charge is 2.35. The third-order valence-corrected chi connectivity index (χ3v) is 3.47. The summed E-state index contributed by atoms with van der Waals surface area (Å²) in [5.74, 6) is 0.943. The molecule has 0 heterocycles. The summed E-state index contributed by atoms with van der Waals surface area (Å²) in [4.78, 5) is 10.6. The lowest BCUT2D eigenvalue weighted by Crippen LogP contribution is -2.30. The zero-order valence-corrected chi connectivity index (χ0v) is 9.12. The zero-order chi connectivity index (χ0) is 10.8. The summed E-state index contributed by atoms with van der Waals surface area (Å²) in [5, 5.41) is 8.76. The van der Waals surface area contributed by atoms with Crippen LogP contribution in [0.5, 0.6) is 0 Å². The van der Waals surface area contributed by atoms with E-state index in [0.717, 1.165) is 24.7 Å². The van der Waals surface area contributed by atoms with Crippen LogP contribution >= 0.6 is 0 Å². The van der Waals surface area contributed by atoms with E-state index in [9.17, 15) is 4.79 Å². The Labute approximate surface area is 85.7 Å². The van der Waals surface area contributed by atoms with Gasteiger partial charge in [0.25, 0.3) is 0 Å². The van der Waals surface area contributed by atoms with Gasteiger partial charge in [-0.05, 0) is 43.1 Å². The Hall–Kier alpha value is -0.570. The molecule has 0 aromatic heterocycles. The number of carbonyl (C=O) groups is 1. The van der Waals surface area contributed by atoms with E-state index >= 15 is 0 Å². The fourth-order valence-corrected chi connectivity index (χ4v) is 1.96. The van der Waals surface area contributed by atoms with Crippen LogP contribution in [-0.4, -0.2) is 17.6 Å². The van der Waals surface area contributed by atoms with E-state index in [0.29, 0.717) is 6.54 Å². The van der Waals surface area contributed by atoms with Gasteiger partial charge in [-0.2, -0.15) is 0 Å². The molecule has 0 bridgehead atoms. The summed E-state index contributed by atoms with van der Waals surface area (Å²) in [6, 6.07) is 0. The highest BCUT2D eigenvalue weighted by atomic mass is 16.4. The molecular weight excluding hydrogens is 178 g/mol. The maximum atomic E-state index is 10.6. The van der Waals surface area contributed by atoms with Gasteiger partial charge in [0.2, 0.25) is 0 Å². The molecule has 3 N–H and O–H groups in total. The zero-order valence-electron chi connectivity index (χ0n) is 9.12. The lowest BCUT2D eigenvalue weighted by molar-refractivity contribution is -0.139. The van der Waals surface area contributed by atoms with Crippen molar-refractivity contribution in [3.05, 3.63) is 0 Å². The number of aliphatic carboxylic acids is 1. The minimum atomic E-state index is -0.734. The van der Waals surface area contributed by atoms with E-state index in [1.807, 2.05) is 6.92 Å². The van der Waals surface area contributed by atoms with E-state index < -0.39 is 5.97 Å². The number of hydrogen-bond donors (Lipinski definition) is 2. The molecule has 14 heavy (non-hydrogen) atoms. The molecule has 3 nitrogen and oxygen atoms in total. The average molecular weight is 199 g/mol. The monoisotopic (exact) mass is 199 g/mol. The average Bonchev–Trinajstić information content (AvgIpc) is 2.78. The molecule has 0 amide bonds. The normalized spacial score (nSPS) is 29.6. The number of nitrogens with two attached hydrogens (primary N) is 1. The minimum Gasteiger partial charge on any atom is -0.481 e. The van der Waals surface area contributed by atoms with Gasteiger partial charge in [-0.1, -0.05) is 13.8 Å². The standard InChI is InChI=1S/C11H21NO2/c1-8-5-9(8)3-4-11(2,7-12)6-10(13)14/h8-9H,3-7,12H2,1-2H3,(H,13,14). The van der Waals surface area contributed by atoms with Crippen LogP contribution in [0.1, 0.15) is 39.5 Å². The first kappa shape index (κ1) is 11.5. The molecule has 0 saturated heterocycles. The third-order valence-electron chi connectivity index (χ3n) is 3.47. The summed E-state index contributed by atoms with van der Waals surface area (Å²) >= 11 is 0. The fourth-order valence-electron chi connectivity index (χ4n) is 1.96. The molecule has 82 valence electrons. The van der Waals surface area contributed by atoms with E-state index in [2.05, 4.69) is 6.92 Å². The summed E-state index contributed by atoms with van der Waals surface area (Å²) in [7, 11) is 0. The van der Waals surface area contributed by atoms with E-state index in [4.69, 9.17) is 10.8 Å². The minimum absolute atomic E-state index is 0.199. The third kappa shape index (κ3) is 3.29. The Bertz CT molecular complexity index is 217. The van der Waals surface area contributed by atoms with Crippen LogP contribution in [-0.2, 0) is 4.79 Å². The van der Waals surface area contributed by atoms with Gasteiger partial charge in [-0.25, -0.2) is 0 Å². The van der Waals surface area contributed by atoms with Crippen LogP contribution < -0.4 is 5.73 Å². The molecule has 1 rings (SSSR count).